The highest BCUT2D eigenvalue weighted by molar-refractivity contribution is 5.92. The molecule has 1 aromatic heterocycles. The van der Waals surface area contributed by atoms with Gasteiger partial charge in [0.25, 0.3) is 5.91 Å². The molecule has 104 valence electrons. The third-order valence-corrected chi connectivity index (χ3v) is 3.80. The lowest BCUT2D eigenvalue weighted by Gasteiger charge is -2.44. The Balaban J connectivity index is 1.47. The maximum atomic E-state index is 11.7. The number of nitrogens with zero attached hydrogens (tertiary/aromatic N) is 3. The van der Waals surface area contributed by atoms with Crippen LogP contribution in [0.5, 0.6) is 0 Å². The Bertz CT molecular complexity index is 455. The highest BCUT2D eigenvalue weighted by atomic mass is 16.6. The molecule has 0 spiro atoms. The summed E-state index contributed by atoms with van der Waals surface area (Å²) in [6.45, 7) is 3.22. The molecule has 1 atom stereocenters. The zero-order chi connectivity index (χ0) is 13.2. The zero-order valence-electron chi connectivity index (χ0n) is 10.5. The number of nitrogens with one attached hydrogen (secondary N) is 1. The molecule has 1 amide bonds. The van der Waals surface area contributed by atoms with Gasteiger partial charge in [0, 0.05) is 6.54 Å². The molecule has 19 heavy (non-hydrogen) atoms. The number of piperidine rings is 3. The molecular weight excluding hydrogens is 250 g/mol. The van der Waals surface area contributed by atoms with E-state index in [1.165, 1.54) is 0 Å². The summed E-state index contributed by atoms with van der Waals surface area (Å²) in [7, 11) is 0. The Kier molecular flexibility index (Phi) is 3.34. The summed E-state index contributed by atoms with van der Waals surface area (Å²) in [4.78, 5) is 14.1. The summed E-state index contributed by atoms with van der Waals surface area (Å²) in [5.74, 6) is 0.495. The number of nitrogen functional groups attached to an aromatic ring is 1. The standard InChI is InChI=1S/C11H17N5O3/c12-10-11(15-19-14-10)13-9(17)6-18-8-5-16-3-1-7(8)2-4-16/h7-8H,1-6H2,(H2,12,14)(H,13,15,17). The Morgan fingerprint density at radius 2 is 2.26 bits per heavy atom. The van der Waals surface area contributed by atoms with Crippen molar-refractivity contribution >= 4 is 17.5 Å². The van der Waals surface area contributed by atoms with Gasteiger partial charge in [0.2, 0.25) is 11.6 Å². The van der Waals surface area contributed by atoms with Crippen LogP contribution in [0.4, 0.5) is 11.6 Å². The largest absolute Gasteiger partial charge is 0.378 e. The fourth-order valence-electron chi connectivity index (χ4n) is 2.73. The number of carbonyl (C=O) groups excluding carboxylic acids is 1. The number of nitrogens with two attached hydrogens (primary N) is 1. The van der Waals surface area contributed by atoms with Gasteiger partial charge >= 0.3 is 0 Å². The Morgan fingerprint density at radius 1 is 1.47 bits per heavy atom. The van der Waals surface area contributed by atoms with Gasteiger partial charge in [-0.3, -0.25) is 4.79 Å². The van der Waals surface area contributed by atoms with Crippen LogP contribution in [0.25, 0.3) is 0 Å². The normalized spacial score (nSPS) is 29.4. The van der Waals surface area contributed by atoms with Gasteiger partial charge in [-0.25, -0.2) is 4.63 Å². The molecule has 4 heterocycles. The van der Waals surface area contributed by atoms with Crippen LogP contribution < -0.4 is 11.1 Å². The number of fused-ring (bicyclic) bond motifs is 3. The number of carbonyl (C=O) groups is 1. The average Bonchev–Trinajstić information content (AvgIpc) is 2.83. The van der Waals surface area contributed by atoms with Gasteiger partial charge in [-0.05, 0) is 42.2 Å². The minimum atomic E-state index is -0.293. The number of amides is 1. The van der Waals surface area contributed by atoms with Crippen molar-refractivity contribution < 1.29 is 14.2 Å². The lowest BCUT2D eigenvalue weighted by molar-refractivity contribution is -0.128. The predicted molar refractivity (Wildman–Crippen MR) is 66.2 cm³/mol. The molecule has 2 bridgehead atoms. The van der Waals surface area contributed by atoms with E-state index in [2.05, 4.69) is 25.2 Å². The van der Waals surface area contributed by atoms with E-state index in [0.29, 0.717) is 5.92 Å². The van der Waals surface area contributed by atoms with Crippen molar-refractivity contribution in [1.29, 1.82) is 0 Å². The number of anilines is 2. The summed E-state index contributed by atoms with van der Waals surface area (Å²) >= 11 is 0. The smallest absolute Gasteiger partial charge is 0.251 e. The topological polar surface area (TPSA) is 107 Å². The van der Waals surface area contributed by atoms with E-state index >= 15 is 0 Å². The van der Waals surface area contributed by atoms with E-state index in [9.17, 15) is 4.79 Å². The first-order valence-electron chi connectivity index (χ1n) is 6.44. The van der Waals surface area contributed by atoms with Crippen LogP contribution in [0, 0.1) is 5.92 Å². The molecule has 8 nitrogen and oxygen atoms in total. The van der Waals surface area contributed by atoms with Crippen LogP contribution >= 0.6 is 0 Å². The SMILES string of the molecule is Nc1nonc1NC(=O)COC1CN2CCC1CC2. The Morgan fingerprint density at radius 3 is 2.84 bits per heavy atom. The molecule has 0 aliphatic carbocycles. The van der Waals surface area contributed by atoms with Gasteiger partial charge in [-0.15, -0.1) is 0 Å². The molecule has 8 heteroatoms. The van der Waals surface area contributed by atoms with Crippen molar-refractivity contribution in [2.24, 2.45) is 5.92 Å². The molecule has 3 fully saturated rings. The molecule has 1 aromatic rings. The highest BCUT2D eigenvalue weighted by Gasteiger charge is 2.34. The predicted octanol–water partition coefficient (Wildman–Crippen LogP) is -0.299. The van der Waals surface area contributed by atoms with Crippen molar-refractivity contribution in [3.8, 4) is 0 Å². The molecule has 3 N–H and O–H groups in total. The van der Waals surface area contributed by atoms with E-state index in [-0.39, 0.29) is 30.3 Å². The van der Waals surface area contributed by atoms with Gasteiger partial charge in [0.1, 0.15) is 6.61 Å². The van der Waals surface area contributed by atoms with Crippen LogP contribution in [0.3, 0.4) is 0 Å². The van der Waals surface area contributed by atoms with Crippen LogP contribution in [0.15, 0.2) is 4.63 Å². The number of aromatic nitrogens is 2. The average molecular weight is 267 g/mol. The van der Waals surface area contributed by atoms with E-state index < -0.39 is 0 Å². The minimum absolute atomic E-state index is 0.00130. The minimum Gasteiger partial charge on any atom is -0.378 e. The van der Waals surface area contributed by atoms with E-state index in [4.69, 9.17) is 10.5 Å². The van der Waals surface area contributed by atoms with Gasteiger partial charge in [-0.2, -0.15) is 0 Å². The van der Waals surface area contributed by atoms with Gasteiger partial charge in [-0.1, -0.05) is 0 Å². The monoisotopic (exact) mass is 267 g/mol. The molecular formula is C11H17N5O3. The van der Waals surface area contributed by atoms with Crippen molar-refractivity contribution in [1.82, 2.24) is 15.2 Å². The quantitative estimate of drug-likeness (QED) is 0.771. The summed E-state index contributed by atoms with van der Waals surface area (Å²) in [6.07, 6.45) is 2.47. The molecule has 1 unspecified atom stereocenters. The molecule has 3 saturated heterocycles. The maximum Gasteiger partial charge on any atom is 0.251 e. The first-order chi connectivity index (χ1) is 9.22. The van der Waals surface area contributed by atoms with Gasteiger partial charge < -0.3 is 20.7 Å². The van der Waals surface area contributed by atoms with E-state index in [1.54, 1.807) is 0 Å². The number of hydrogen-bond donors (Lipinski definition) is 2. The third kappa shape index (κ3) is 2.69. The van der Waals surface area contributed by atoms with Crippen LogP contribution in [0.1, 0.15) is 12.8 Å². The van der Waals surface area contributed by atoms with Crippen molar-refractivity contribution in [2.75, 3.05) is 37.3 Å². The Hall–Kier alpha value is -1.67. The summed E-state index contributed by atoms with van der Waals surface area (Å²) in [5, 5.41) is 9.37. The van der Waals surface area contributed by atoms with Gasteiger partial charge in [0.15, 0.2) is 0 Å². The maximum absolute atomic E-state index is 11.7. The fourth-order valence-corrected chi connectivity index (χ4v) is 2.73. The molecule has 4 rings (SSSR count). The second-order valence-electron chi connectivity index (χ2n) is 5.03. The van der Waals surface area contributed by atoms with Crippen LogP contribution in [0.2, 0.25) is 0 Å². The second-order valence-corrected chi connectivity index (χ2v) is 5.03. The summed E-state index contributed by atoms with van der Waals surface area (Å²) < 4.78 is 10.1. The molecule has 0 saturated carbocycles. The summed E-state index contributed by atoms with van der Waals surface area (Å²) in [6, 6.07) is 0. The summed E-state index contributed by atoms with van der Waals surface area (Å²) in [5.41, 5.74) is 5.45. The lowest BCUT2D eigenvalue weighted by Crippen LogP contribution is -2.51. The van der Waals surface area contributed by atoms with E-state index in [1.807, 2.05) is 0 Å². The van der Waals surface area contributed by atoms with Crippen molar-refractivity contribution in [2.45, 2.75) is 18.9 Å². The van der Waals surface area contributed by atoms with Crippen LogP contribution in [-0.2, 0) is 9.53 Å². The lowest BCUT2D eigenvalue weighted by atomic mass is 9.86. The second kappa shape index (κ2) is 5.14. The number of hydrogen-bond acceptors (Lipinski definition) is 7. The third-order valence-electron chi connectivity index (χ3n) is 3.80. The molecule has 0 aromatic carbocycles. The molecule has 0 radical (unpaired) electrons. The van der Waals surface area contributed by atoms with Crippen molar-refractivity contribution in [3.05, 3.63) is 0 Å². The first-order valence-corrected chi connectivity index (χ1v) is 6.44. The number of rotatable bonds is 4. The molecule has 3 aliphatic rings. The first kappa shape index (κ1) is 12.4. The van der Waals surface area contributed by atoms with Gasteiger partial charge in [0.05, 0.1) is 6.10 Å². The van der Waals surface area contributed by atoms with E-state index in [0.717, 1.165) is 32.5 Å². The Labute approximate surface area is 110 Å². The van der Waals surface area contributed by atoms with Crippen molar-refractivity contribution in [3.63, 3.8) is 0 Å². The number of ether oxygens (including phenoxy) is 1. The zero-order valence-corrected chi connectivity index (χ0v) is 10.5. The molecule has 3 aliphatic heterocycles. The van der Waals surface area contributed by atoms with Crippen LogP contribution in [-0.4, -0.2) is 53.5 Å². The fraction of sp³-hybridized carbons (Fsp3) is 0.727. The highest BCUT2D eigenvalue weighted by Crippen LogP contribution is 2.29.